The van der Waals surface area contributed by atoms with Crippen molar-refractivity contribution in [2.45, 2.75) is 12.5 Å². The van der Waals surface area contributed by atoms with E-state index in [1.54, 1.807) is 12.1 Å². The van der Waals surface area contributed by atoms with Crippen LogP contribution in [-0.4, -0.2) is 50.4 Å². The minimum absolute atomic E-state index is 0.0689. The van der Waals surface area contributed by atoms with E-state index in [0.29, 0.717) is 10.0 Å². The number of imide groups is 1. The maximum absolute atomic E-state index is 13.8. The van der Waals surface area contributed by atoms with E-state index in [4.69, 9.17) is 23.2 Å². The van der Waals surface area contributed by atoms with Crippen molar-refractivity contribution < 1.29 is 24.1 Å². The average Bonchev–Trinajstić information content (AvgIpc) is 3.13. The standard InChI is InChI=1S/C25H17Cl2N3O6/c26-14-13-21(22(31)15-5-9-17(27)10-6-15)28(23(32)16-7-11-18(12-8-16)30(35)36)29-24(33)19-3-1-2-4-20(19)25(29)34/h1-12,21H,13-14H2/t21-/m1/s1. The second-order valence-corrected chi connectivity index (χ2v) is 8.60. The molecule has 0 unspecified atom stereocenters. The van der Waals surface area contributed by atoms with Crippen molar-refractivity contribution in [3.8, 4) is 0 Å². The van der Waals surface area contributed by atoms with Crippen LogP contribution in [0.4, 0.5) is 5.69 Å². The van der Waals surface area contributed by atoms with Crippen molar-refractivity contribution >= 4 is 52.4 Å². The molecular weight excluding hydrogens is 509 g/mol. The summed E-state index contributed by atoms with van der Waals surface area (Å²) in [5.41, 5.74) is 0.0155. The fraction of sp³-hybridized carbons (Fsp3) is 0.120. The highest BCUT2D eigenvalue weighted by atomic mass is 35.5. The number of nitro groups is 1. The Balaban J connectivity index is 1.83. The van der Waals surface area contributed by atoms with Crippen molar-refractivity contribution in [3.63, 3.8) is 0 Å². The molecule has 0 aliphatic carbocycles. The first-order valence-corrected chi connectivity index (χ1v) is 11.6. The number of carbonyl (C=O) groups excluding carboxylic acids is 4. The number of hydrogen-bond acceptors (Lipinski definition) is 6. The number of nitro benzene ring substituents is 1. The van der Waals surface area contributed by atoms with E-state index in [9.17, 15) is 29.3 Å². The quantitative estimate of drug-likeness (QED) is 0.137. The molecule has 182 valence electrons. The summed E-state index contributed by atoms with van der Waals surface area (Å²) in [5.74, 6) is -3.09. The topological polar surface area (TPSA) is 118 Å². The zero-order chi connectivity index (χ0) is 26.0. The van der Waals surface area contributed by atoms with Crippen LogP contribution >= 0.6 is 23.2 Å². The number of halogens is 2. The van der Waals surface area contributed by atoms with E-state index < -0.39 is 34.5 Å². The number of non-ortho nitro benzene ring substituents is 1. The number of hydrogen-bond donors (Lipinski definition) is 0. The van der Waals surface area contributed by atoms with E-state index in [1.807, 2.05) is 0 Å². The van der Waals surface area contributed by atoms with Crippen molar-refractivity contribution in [1.29, 1.82) is 0 Å². The van der Waals surface area contributed by atoms with Gasteiger partial charge in [0.1, 0.15) is 6.04 Å². The summed E-state index contributed by atoms with van der Waals surface area (Å²) in [6.45, 7) is 0. The smallest absolute Gasteiger partial charge is 0.280 e. The summed E-state index contributed by atoms with van der Waals surface area (Å²) in [7, 11) is 0. The number of nitrogens with zero attached hydrogens (tertiary/aromatic N) is 3. The van der Waals surface area contributed by atoms with Gasteiger partial charge in [-0.15, -0.1) is 11.6 Å². The second kappa shape index (κ2) is 10.3. The molecule has 3 aromatic rings. The Morgan fingerprint density at radius 1 is 0.889 bits per heavy atom. The van der Waals surface area contributed by atoms with Gasteiger partial charge in [0.05, 0.1) is 16.1 Å². The normalized spacial score (nSPS) is 13.3. The SMILES string of the molecule is O=C(c1ccc(Cl)cc1)[C@@H](CCCl)N(C(=O)c1ccc([N+](=O)[O-])cc1)N1C(=O)c2ccccc2C1=O. The van der Waals surface area contributed by atoms with Crippen LogP contribution < -0.4 is 0 Å². The molecule has 36 heavy (non-hydrogen) atoms. The molecule has 1 heterocycles. The fourth-order valence-corrected chi connectivity index (χ4v) is 4.21. The molecule has 0 fully saturated rings. The fourth-order valence-electron chi connectivity index (χ4n) is 3.88. The molecule has 0 saturated heterocycles. The van der Waals surface area contributed by atoms with Gasteiger partial charge in [0.15, 0.2) is 5.78 Å². The average molecular weight is 526 g/mol. The van der Waals surface area contributed by atoms with Gasteiger partial charge < -0.3 is 0 Å². The number of rotatable bonds is 8. The first-order chi connectivity index (χ1) is 17.2. The number of alkyl halides is 1. The van der Waals surface area contributed by atoms with Crippen LogP contribution in [0.1, 0.15) is 47.9 Å². The molecule has 1 aliphatic heterocycles. The molecule has 0 radical (unpaired) electrons. The largest absolute Gasteiger partial charge is 0.292 e. The van der Waals surface area contributed by atoms with Crippen LogP contribution in [0.3, 0.4) is 0 Å². The Kier molecular flexibility index (Phi) is 7.14. The van der Waals surface area contributed by atoms with Gasteiger partial charge >= 0.3 is 0 Å². The molecule has 0 N–H and O–H groups in total. The Labute approximate surface area is 214 Å². The van der Waals surface area contributed by atoms with Gasteiger partial charge in [0.25, 0.3) is 23.4 Å². The number of fused-ring (bicyclic) bond motifs is 1. The zero-order valence-electron chi connectivity index (χ0n) is 18.5. The highest BCUT2D eigenvalue weighted by Crippen LogP contribution is 2.29. The lowest BCUT2D eigenvalue weighted by Gasteiger charge is -2.36. The van der Waals surface area contributed by atoms with Crippen LogP contribution in [0.15, 0.2) is 72.8 Å². The van der Waals surface area contributed by atoms with E-state index in [2.05, 4.69) is 0 Å². The van der Waals surface area contributed by atoms with Crippen molar-refractivity contribution in [2.75, 3.05) is 5.88 Å². The monoisotopic (exact) mass is 525 g/mol. The van der Waals surface area contributed by atoms with E-state index in [-0.39, 0.29) is 40.2 Å². The van der Waals surface area contributed by atoms with E-state index in [0.717, 1.165) is 17.1 Å². The van der Waals surface area contributed by atoms with E-state index >= 15 is 0 Å². The third kappa shape index (κ3) is 4.58. The van der Waals surface area contributed by atoms with Gasteiger partial charge in [0, 0.05) is 34.2 Å². The molecular formula is C25H17Cl2N3O6. The number of Topliss-reactive ketones (excluding diaryl/α,β-unsaturated/α-hetero) is 1. The van der Waals surface area contributed by atoms with Gasteiger partial charge in [-0.1, -0.05) is 23.7 Å². The first kappa shape index (κ1) is 25.0. The first-order valence-electron chi connectivity index (χ1n) is 10.7. The second-order valence-electron chi connectivity index (χ2n) is 7.79. The van der Waals surface area contributed by atoms with Gasteiger partial charge in [0.2, 0.25) is 0 Å². The predicted molar refractivity (Wildman–Crippen MR) is 131 cm³/mol. The lowest BCUT2D eigenvalue weighted by molar-refractivity contribution is -0.384. The number of amides is 3. The summed E-state index contributed by atoms with van der Waals surface area (Å²) in [4.78, 5) is 64.3. The minimum atomic E-state index is -1.34. The Bertz CT molecular complexity index is 1340. The highest BCUT2D eigenvalue weighted by molar-refractivity contribution is 6.30. The molecule has 11 heteroatoms. The third-order valence-electron chi connectivity index (χ3n) is 5.63. The lowest BCUT2D eigenvalue weighted by Crippen LogP contribution is -2.57. The third-order valence-corrected chi connectivity index (χ3v) is 6.10. The summed E-state index contributed by atoms with van der Waals surface area (Å²) in [5, 5.41) is 12.9. The molecule has 1 atom stereocenters. The molecule has 0 saturated carbocycles. The van der Waals surface area contributed by atoms with Gasteiger partial charge in [-0.05, 0) is 55.0 Å². The maximum atomic E-state index is 13.8. The van der Waals surface area contributed by atoms with E-state index in [1.165, 1.54) is 48.5 Å². The molecule has 0 bridgehead atoms. The van der Waals surface area contributed by atoms with Crippen molar-refractivity contribution in [1.82, 2.24) is 10.0 Å². The number of ketones is 1. The molecule has 9 nitrogen and oxygen atoms in total. The summed E-state index contributed by atoms with van der Waals surface area (Å²) < 4.78 is 0. The van der Waals surface area contributed by atoms with Crippen molar-refractivity contribution in [2.24, 2.45) is 0 Å². The molecule has 0 aromatic heterocycles. The number of carbonyl (C=O) groups is 4. The van der Waals surface area contributed by atoms with Crippen LogP contribution in [0, 0.1) is 10.1 Å². The van der Waals surface area contributed by atoms with Crippen LogP contribution in [0.5, 0.6) is 0 Å². The molecule has 4 rings (SSSR count). The Hall–Kier alpha value is -4.08. The molecule has 3 aromatic carbocycles. The minimum Gasteiger partial charge on any atom is -0.292 e. The van der Waals surface area contributed by atoms with Crippen LogP contribution in [0.2, 0.25) is 5.02 Å². The molecule has 0 spiro atoms. The molecule has 1 aliphatic rings. The van der Waals surface area contributed by atoms with Gasteiger partial charge in [-0.25, -0.2) is 5.01 Å². The maximum Gasteiger partial charge on any atom is 0.280 e. The predicted octanol–water partition coefficient (Wildman–Crippen LogP) is 4.78. The summed E-state index contributed by atoms with van der Waals surface area (Å²) >= 11 is 11.9. The lowest BCUT2D eigenvalue weighted by atomic mass is 10.0. The van der Waals surface area contributed by atoms with Crippen LogP contribution in [-0.2, 0) is 0 Å². The highest BCUT2D eigenvalue weighted by Gasteiger charge is 2.46. The zero-order valence-corrected chi connectivity index (χ0v) is 20.0. The van der Waals surface area contributed by atoms with Gasteiger partial charge in [-0.2, -0.15) is 5.01 Å². The van der Waals surface area contributed by atoms with Gasteiger partial charge in [-0.3, -0.25) is 29.3 Å². The molecule has 3 amide bonds. The summed E-state index contributed by atoms with van der Waals surface area (Å²) in [6.07, 6.45) is -0.0882. The number of benzene rings is 3. The van der Waals surface area contributed by atoms with Crippen molar-refractivity contribution in [3.05, 3.63) is 110 Å². The Morgan fingerprint density at radius 2 is 1.42 bits per heavy atom. The Morgan fingerprint density at radius 3 is 1.92 bits per heavy atom. The number of hydrazine groups is 1. The summed E-state index contributed by atoms with van der Waals surface area (Å²) in [6, 6.07) is 15.2. The van der Waals surface area contributed by atoms with Crippen LogP contribution in [0.25, 0.3) is 0 Å².